The van der Waals surface area contributed by atoms with Crippen molar-refractivity contribution in [2.75, 3.05) is 6.54 Å². The smallest absolute Gasteiger partial charge is 0.276 e. The van der Waals surface area contributed by atoms with E-state index >= 15 is 0 Å². The summed E-state index contributed by atoms with van der Waals surface area (Å²) in [5.41, 5.74) is 1.55. The van der Waals surface area contributed by atoms with Gasteiger partial charge in [-0.05, 0) is 6.92 Å². The number of nitrogens with one attached hydrogen (secondary N) is 1. The minimum Gasteiger partial charge on any atom is -0.504 e. The normalized spacial score (nSPS) is 20.4. The molecule has 0 bridgehead atoms. The number of rotatable bonds is 2. The van der Waals surface area contributed by atoms with Crippen molar-refractivity contribution in [2.24, 2.45) is 12.5 Å². The highest BCUT2D eigenvalue weighted by molar-refractivity contribution is 5.96. The monoisotopic (exact) mass is 289 g/mol. The van der Waals surface area contributed by atoms with Crippen molar-refractivity contribution in [1.82, 2.24) is 24.9 Å². The number of likely N-dealkylation sites (tertiary alicyclic amines) is 1. The number of carbonyl (C=O) groups is 1. The summed E-state index contributed by atoms with van der Waals surface area (Å²) in [5, 5.41) is 20.6. The SMILES string of the molecule is Cc1n[nH]c(C(=O)N2CC(C)(C)C2c2cnn(C)c2)c1O. The molecule has 0 aliphatic carbocycles. The van der Waals surface area contributed by atoms with Crippen LogP contribution in [0.25, 0.3) is 0 Å². The molecule has 3 heterocycles. The summed E-state index contributed by atoms with van der Waals surface area (Å²) in [5.74, 6) is -0.309. The van der Waals surface area contributed by atoms with Gasteiger partial charge in [0.1, 0.15) is 5.69 Å². The molecule has 1 atom stereocenters. The molecule has 1 aliphatic rings. The third-order valence-electron chi connectivity index (χ3n) is 4.06. The first kappa shape index (κ1) is 13.7. The van der Waals surface area contributed by atoms with Crippen LogP contribution < -0.4 is 0 Å². The molecule has 1 unspecified atom stereocenters. The molecule has 0 spiro atoms. The third-order valence-corrected chi connectivity index (χ3v) is 4.06. The zero-order valence-corrected chi connectivity index (χ0v) is 12.6. The second-order valence-corrected chi connectivity index (χ2v) is 6.30. The molecule has 0 radical (unpaired) electrons. The third kappa shape index (κ3) is 2.00. The van der Waals surface area contributed by atoms with E-state index in [1.807, 2.05) is 13.2 Å². The van der Waals surface area contributed by atoms with Crippen molar-refractivity contribution >= 4 is 5.91 Å². The Hall–Kier alpha value is -2.31. The van der Waals surface area contributed by atoms with Crippen LogP contribution >= 0.6 is 0 Å². The van der Waals surface area contributed by atoms with Crippen LogP contribution in [0.4, 0.5) is 0 Å². The molecule has 21 heavy (non-hydrogen) atoms. The summed E-state index contributed by atoms with van der Waals surface area (Å²) in [4.78, 5) is 14.3. The Morgan fingerprint density at radius 3 is 2.71 bits per heavy atom. The minimum absolute atomic E-state index is 0.0244. The summed E-state index contributed by atoms with van der Waals surface area (Å²) in [7, 11) is 1.85. The summed E-state index contributed by atoms with van der Waals surface area (Å²) in [6.07, 6.45) is 3.70. The largest absolute Gasteiger partial charge is 0.504 e. The number of hydrogen-bond donors (Lipinski definition) is 2. The first-order valence-electron chi connectivity index (χ1n) is 6.84. The quantitative estimate of drug-likeness (QED) is 0.874. The predicted molar refractivity (Wildman–Crippen MR) is 75.8 cm³/mol. The number of aryl methyl sites for hydroxylation is 2. The van der Waals surface area contributed by atoms with Crippen LogP contribution in [-0.4, -0.2) is 42.4 Å². The van der Waals surface area contributed by atoms with Crippen molar-refractivity contribution in [2.45, 2.75) is 26.8 Å². The highest BCUT2D eigenvalue weighted by Gasteiger charge is 2.50. The molecule has 7 nitrogen and oxygen atoms in total. The van der Waals surface area contributed by atoms with Crippen molar-refractivity contribution in [3.8, 4) is 5.75 Å². The maximum atomic E-state index is 12.6. The van der Waals surface area contributed by atoms with Gasteiger partial charge in [-0.3, -0.25) is 14.6 Å². The molecule has 1 aliphatic heterocycles. The number of hydrogen-bond acceptors (Lipinski definition) is 4. The summed E-state index contributed by atoms with van der Waals surface area (Å²) in [6.45, 7) is 6.52. The molecule has 1 amide bonds. The number of amides is 1. The number of aromatic amines is 1. The Balaban J connectivity index is 1.92. The molecule has 0 saturated carbocycles. The fourth-order valence-corrected chi connectivity index (χ4v) is 3.05. The van der Waals surface area contributed by atoms with Crippen molar-refractivity contribution in [1.29, 1.82) is 0 Å². The predicted octanol–water partition coefficient (Wildman–Crippen LogP) is 1.38. The van der Waals surface area contributed by atoms with Gasteiger partial charge >= 0.3 is 0 Å². The van der Waals surface area contributed by atoms with Gasteiger partial charge < -0.3 is 10.0 Å². The Labute approximate surface area is 122 Å². The number of nitrogens with zero attached hydrogens (tertiary/aromatic N) is 4. The molecule has 2 aromatic heterocycles. The van der Waals surface area contributed by atoms with E-state index in [0.717, 1.165) is 5.56 Å². The van der Waals surface area contributed by atoms with E-state index in [4.69, 9.17) is 0 Å². The van der Waals surface area contributed by atoms with Crippen LogP contribution in [0.1, 0.15) is 41.6 Å². The van der Waals surface area contributed by atoms with Crippen LogP contribution in [0.3, 0.4) is 0 Å². The van der Waals surface area contributed by atoms with Crippen molar-refractivity contribution in [3.05, 3.63) is 29.3 Å². The lowest BCUT2D eigenvalue weighted by Gasteiger charge is -2.53. The average Bonchev–Trinajstić information content (AvgIpc) is 2.94. The maximum absolute atomic E-state index is 12.6. The molecule has 1 fully saturated rings. The van der Waals surface area contributed by atoms with E-state index in [0.29, 0.717) is 12.2 Å². The van der Waals surface area contributed by atoms with E-state index in [9.17, 15) is 9.90 Å². The fourth-order valence-electron chi connectivity index (χ4n) is 3.05. The Morgan fingerprint density at radius 1 is 1.52 bits per heavy atom. The van der Waals surface area contributed by atoms with E-state index in [1.54, 1.807) is 22.7 Å². The molecule has 0 aromatic carbocycles. The lowest BCUT2D eigenvalue weighted by molar-refractivity contribution is -0.0328. The van der Waals surface area contributed by atoms with Crippen LogP contribution in [0, 0.1) is 12.3 Å². The van der Waals surface area contributed by atoms with Gasteiger partial charge in [-0.1, -0.05) is 13.8 Å². The van der Waals surface area contributed by atoms with Crippen LogP contribution in [0.5, 0.6) is 5.75 Å². The number of carbonyl (C=O) groups excluding carboxylic acids is 1. The van der Waals surface area contributed by atoms with Gasteiger partial charge in [-0.25, -0.2) is 0 Å². The molecular formula is C14H19N5O2. The summed E-state index contributed by atoms with van der Waals surface area (Å²) >= 11 is 0. The summed E-state index contributed by atoms with van der Waals surface area (Å²) in [6, 6.07) is -0.0540. The lowest BCUT2D eigenvalue weighted by Crippen LogP contribution is -2.57. The minimum atomic E-state index is -0.235. The van der Waals surface area contributed by atoms with E-state index in [1.165, 1.54) is 0 Å². The zero-order valence-electron chi connectivity index (χ0n) is 12.6. The van der Waals surface area contributed by atoms with Gasteiger partial charge in [0, 0.05) is 30.8 Å². The Morgan fingerprint density at radius 2 is 2.24 bits per heavy atom. The average molecular weight is 289 g/mol. The van der Waals surface area contributed by atoms with Crippen molar-refractivity contribution < 1.29 is 9.90 Å². The van der Waals surface area contributed by atoms with Gasteiger partial charge in [0.05, 0.1) is 12.2 Å². The van der Waals surface area contributed by atoms with Gasteiger partial charge in [-0.15, -0.1) is 0 Å². The second-order valence-electron chi connectivity index (χ2n) is 6.30. The highest BCUT2D eigenvalue weighted by atomic mass is 16.3. The Bertz CT molecular complexity index is 700. The zero-order chi connectivity index (χ0) is 15.4. The topological polar surface area (TPSA) is 87.0 Å². The summed E-state index contributed by atoms with van der Waals surface area (Å²) < 4.78 is 1.73. The first-order chi connectivity index (χ1) is 9.81. The second kappa shape index (κ2) is 4.34. The van der Waals surface area contributed by atoms with Crippen LogP contribution in [0.2, 0.25) is 0 Å². The molecule has 1 saturated heterocycles. The number of H-pyrrole nitrogens is 1. The highest BCUT2D eigenvalue weighted by Crippen LogP contribution is 2.49. The number of aromatic nitrogens is 4. The molecule has 7 heteroatoms. The van der Waals surface area contributed by atoms with E-state index in [2.05, 4.69) is 29.1 Å². The molecular weight excluding hydrogens is 270 g/mol. The first-order valence-corrected chi connectivity index (χ1v) is 6.84. The van der Waals surface area contributed by atoms with E-state index in [-0.39, 0.29) is 28.8 Å². The van der Waals surface area contributed by atoms with E-state index < -0.39 is 0 Å². The molecule has 112 valence electrons. The molecule has 2 aromatic rings. The number of aromatic hydroxyl groups is 1. The van der Waals surface area contributed by atoms with Crippen molar-refractivity contribution in [3.63, 3.8) is 0 Å². The standard InChI is InChI=1S/C14H19N5O2/c1-8-11(20)10(17-16-8)13(21)19-7-14(2,3)12(19)9-5-15-18(4)6-9/h5-6,12,20H,7H2,1-4H3,(H,16,17). The molecule has 2 N–H and O–H groups in total. The van der Waals surface area contributed by atoms with Gasteiger partial charge in [0.25, 0.3) is 5.91 Å². The van der Waals surface area contributed by atoms with Crippen LogP contribution in [-0.2, 0) is 7.05 Å². The Kier molecular flexibility index (Phi) is 2.82. The lowest BCUT2D eigenvalue weighted by atomic mass is 9.72. The fraction of sp³-hybridized carbons (Fsp3) is 0.500. The molecule has 3 rings (SSSR count). The maximum Gasteiger partial charge on any atom is 0.276 e. The van der Waals surface area contributed by atoms with Gasteiger partial charge in [0.2, 0.25) is 0 Å². The van der Waals surface area contributed by atoms with Gasteiger partial charge in [0.15, 0.2) is 11.4 Å². The van der Waals surface area contributed by atoms with Crippen LogP contribution in [0.15, 0.2) is 12.4 Å². The van der Waals surface area contributed by atoms with Gasteiger partial charge in [-0.2, -0.15) is 10.2 Å².